The van der Waals surface area contributed by atoms with Gasteiger partial charge in [-0.15, -0.1) is 0 Å². The molecule has 0 unspecified atom stereocenters. The SMILES string of the molecule is N#Cc1cc(Cl)cnc1NN. The first-order valence-corrected chi connectivity index (χ1v) is 3.18. The summed E-state index contributed by atoms with van der Waals surface area (Å²) in [6, 6.07) is 3.39. The Kier molecular flexibility index (Phi) is 2.26. The number of anilines is 1. The molecule has 0 bridgehead atoms. The fourth-order valence-corrected chi connectivity index (χ4v) is 0.797. The third-order valence-corrected chi connectivity index (χ3v) is 1.32. The Morgan fingerprint density at radius 3 is 3.00 bits per heavy atom. The van der Waals surface area contributed by atoms with E-state index < -0.39 is 0 Å². The van der Waals surface area contributed by atoms with E-state index in [9.17, 15) is 0 Å². The number of hydrazine groups is 1. The molecule has 0 atom stereocenters. The van der Waals surface area contributed by atoms with Crippen molar-refractivity contribution in [3.05, 3.63) is 22.8 Å². The zero-order valence-corrected chi connectivity index (χ0v) is 6.26. The van der Waals surface area contributed by atoms with Crippen molar-refractivity contribution < 1.29 is 0 Å². The van der Waals surface area contributed by atoms with Gasteiger partial charge in [0.2, 0.25) is 0 Å². The molecule has 0 radical (unpaired) electrons. The summed E-state index contributed by atoms with van der Waals surface area (Å²) in [7, 11) is 0. The Labute approximate surface area is 68.6 Å². The fraction of sp³-hybridized carbons (Fsp3) is 0. The van der Waals surface area contributed by atoms with Gasteiger partial charge in [0.15, 0.2) is 5.82 Å². The Morgan fingerprint density at radius 1 is 1.73 bits per heavy atom. The second-order valence-electron chi connectivity index (χ2n) is 1.81. The van der Waals surface area contributed by atoms with Crippen molar-refractivity contribution >= 4 is 17.4 Å². The second kappa shape index (κ2) is 3.19. The van der Waals surface area contributed by atoms with Crippen LogP contribution in [0.4, 0.5) is 5.82 Å². The van der Waals surface area contributed by atoms with Gasteiger partial charge in [-0.05, 0) is 6.07 Å². The van der Waals surface area contributed by atoms with Crippen molar-refractivity contribution in [2.75, 3.05) is 5.43 Å². The van der Waals surface area contributed by atoms with Crippen molar-refractivity contribution in [2.45, 2.75) is 0 Å². The molecule has 0 aliphatic rings. The van der Waals surface area contributed by atoms with Gasteiger partial charge in [0.25, 0.3) is 0 Å². The first kappa shape index (κ1) is 7.79. The summed E-state index contributed by atoms with van der Waals surface area (Å²) in [4.78, 5) is 3.78. The molecule has 0 aliphatic carbocycles. The van der Waals surface area contributed by atoms with E-state index in [2.05, 4.69) is 10.4 Å². The van der Waals surface area contributed by atoms with Gasteiger partial charge in [0.1, 0.15) is 6.07 Å². The number of nitrogens with zero attached hydrogens (tertiary/aromatic N) is 2. The molecule has 11 heavy (non-hydrogen) atoms. The van der Waals surface area contributed by atoms with Gasteiger partial charge in [-0.2, -0.15) is 5.26 Å². The number of rotatable bonds is 1. The standard InChI is InChI=1S/C6H5ClN4/c7-5-1-4(2-8)6(11-9)10-3-5/h1,3H,9H2,(H,10,11). The predicted octanol–water partition coefficient (Wildman–Crippen LogP) is 0.892. The van der Waals surface area contributed by atoms with Crippen LogP contribution < -0.4 is 11.3 Å². The van der Waals surface area contributed by atoms with Gasteiger partial charge in [-0.3, -0.25) is 0 Å². The smallest absolute Gasteiger partial charge is 0.158 e. The molecule has 0 aromatic carbocycles. The number of nitrogen functional groups attached to an aromatic ring is 1. The Bertz CT molecular complexity index is 304. The minimum absolute atomic E-state index is 0.330. The zero-order chi connectivity index (χ0) is 8.27. The van der Waals surface area contributed by atoms with E-state index >= 15 is 0 Å². The summed E-state index contributed by atoms with van der Waals surface area (Å²) in [6.07, 6.45) is 1.41. The Hall–Kier alpha value is -1.31. The molecular weight excluding hydrogens is 164 g/mol. The van der Waals surface area contributed by atoms with Gasteiger partial charge in [-0.25, -0.2) is 10.8 Å². The number of pyridine rings is 1. The number of halogens is 1. The average molecular weight is 169 g/mol. The lowest BCUT2D eigenvalue weighted by Gasteiger charge is -1.99. The highest BCUT2D eigenvalue weighted by Gasteiger charge is 2.00. The van der Waals surface area contributed by atoms with Crippen molar-refractivity contribution in [3.8, 4) is 6.07 Å². The van der Waals surface area contributed by atoms with E-state index in [-0.39, 0.29) is 0 Å². The Morgan fingerprint density at radius 2 is 2.45 bits per heavy atom. The second-order valence-corrected chi connectivity index (χ2v) is 2.24. The normalized spacial score (nSPS) is 8.82. The molecule has 0 fully saturated rings. The third-order valence-electron chi connectivity index (χ3n) is 1.11. The van der Waals surface area contributed by atoms with Crippen molar-refractivity contribution in [3.63, 3.8) is 0 Å². The lowest BCUT2D eigenvalue weighted by atomic mass is 10.3. The van der Waals surface area contributed by atoms with E-state index in [0.29, 0.717) is 16.4 Å². The summed E-state index contributed by atoms with van der Waals surface area (Å²) >= 11 is 5.57. The minimum Gasteiger partial charge on any atom is -0.307 e. The van der Waals surface area contributed by atoms with Crippen molar-refractivity contribution in [2.24, 2.45) is 5.84 Å². The van der Waals surface area contributed by atoms with Crippen LogP contribution in [0.3, 0.4) is 0 Å². The van der Waals surface area contributed by atoms with E-state index in [4.69, 9.17) is 22.7 Å². The van der Waals surface area contributed by atoms with Gasteiger partial charge in [-0.1, -0.05) is 11.6 Å². The highest BCUT2D eigenvalue weighted by molar-refractivity contribution is 6.30. The number of nitriles is 1. The monoisotopic (exact) mass is 168 g/mol. The van der Waals surface area contributed by atoms with E-state index in [0.717, 1.165) is 0 Å². The van der Waals surface area contributed by atoms with E-state index in [1.165, 1.54) is 12.3 Å². The molecular formula is C6H5ClN4. The molecule has 4 nitrogen and oxygen atoms in total. The van der Waals surface area contributed by atoms with Crippen LogP contribution in [0.1, 0.15) is 5.56 Å². The highest BCUT2D eigenvalue weighted by Crippen LogP contribution is 2.14. The fourth-order valence-electron chi connectivity index (χ4n) is 0.640. The molecule has 1 heterocycles. The van der Waals surface area contributed by atoms with Crippen LogP contribution in [-0.2, 0) is 0 Å². The molecule has 56 valence electrons. The molecule has 1 aromatic heterocycles. The number of hydrogen-bond acceptors (Lipinski definition) is 4. The molecule has 0 saturated carbocycles. The van der Waals surface area contributed by atoms with Crippen LogP contribution in [0.2, 0.25) is 5.02 Å². The first-order valence-electron chi connectivity index (χ1n) is 2.80. The largest absolute Gasteiger partial charge is 0.307 e. The number of hydrogen-bond donors (Lipinski definition) is 2. The summed E-state index contributed by atoms with van der Waals surface area (Å²) < 4.78 is 0. The molecule has 0 amide bonds. The van der Waals surface area contributed by atoms with Crippen molar-refractivity contribution in [1.29, 1.82) is 5.26 Å². The zero-order valence-electron chi connectivity index (χ0n) is 5.50. The maximum Gasteiger partial charge on any atom is 0.158 e. The van der Waals surface area contributed by atoms with E-state index in [1.54, 1.807) is 0 Å². The quantitative estimate of drug-likeness (QED) is 0.483. The predicted molar refractivity (Wildman–Crippen MR) is 41.8 cm³/mol. The molecule has 1 rings (SSSR count). The third kappa shape index (κ3) is 1.58. The van der Waals surface area contributed by atoms with Crippen LogP contribution in [-0.4, -0.2) is 4.98 Å². The van der Waals surface area contributed by atoms with Crippen LogP contribution in [0.5, 0.6) is 0 Å². The maximum absolute atomic E-state index is 8.53. The number of aromatic nitrogens is 1. The summed E-state index contributed by atoms with van der Waals surface area (Å²) in [5.74, 6) is 5.40. The molecule has 0 aliphatic heterocycles. The van der Waals surface area contributed by atoms with Gasteiger partial charge < -0.3 is 5.43 Å². The highest BCUT2D eigenvalue weighted by atomic mass is 35.5. The van der Waals surface area contributed by atoms with Crippen LogP contribution in [0.25, 0.3) is 0 Å². The lowest BCUT2D eigenvalue weighted by Crippen LogP contribution is -2.09. The molecule has 5 heteroatoms. The van der Waals surface area contributed by atoms with Crippen molar-refractivity contribution in [1.82, 2.24) is 4.98 Å². The number of nitrogens with one attached hydrogen (secondary N) is 1. The molecule has 0 saturated heterocycles. The van der Waals surface area contributed by atoms with Crippen LogP contribution in [0, 0.1) is 11.3 Å². The lowest BCUT2D eigenvalue weighted by molar-refractivity contribution is 1.21. The summed E-state index contributed by atoms with van der Waals surface area (Å²) in [5.41, 5.74) is 2.61. The van der Waals surface area contributed by atoms with Gasteiger partial charge in [0, 0.05) is 6.20 Å². The first-order chi connectivity index (χ1) is 5.27. The maximum atomic E-state index is 8.53. The number of nitrogens with two attached hydrogens (primary N) is 1. The molecule has 0 spiro atoms. The average Bonchev–Trinajstić information content (AvgIpc) is 2.04. The van der Waals surface area contributed by atoms with Gasteiger partial charge >= 0.3 is 0 Å². The molecule has 1 aromatic rings. The minimum atomic E-state index is 0.330. The summed E-state index contributed by atoms with van der Waals surface area (Å²) in [5, 5.41) is 8.95. The Balaban J connectivity index is 3.19. The van der Waals surface area contributed by atoms with Crippen LogP contribution >= 0.6 is 11.6 Å². The van der Waals surface area contributed by atoms with E-state index in [1.807, 2.05) is 6.07 Å². The topological polar surface area (TPSA) is 74.7 Å². The van der Waals surface area contributed by atoms with Gasteiger partial charge in [0.05, 0.1) is 10.6 Å². The summed E-state index contributed by atoms with van der Waals surface area (Å²) in [6.45, 7) is 0. The van der Waals surface area contributed by atoms with Crippen LogP contribution in [0.15, 0.2) is 12.3 Å². The molecule has 3 N–H and O–H groups in total.